The minimum absolute atomic E-state index is 0. The molecular weight excluding hydrogens is 224 g/mol. The van der Waals surface area contributed by atoms with Gasteiger partial charge in [-0.25, -0.2) is 0 Å². The number of nitrogens with zero attached hydrogens (tertiary/aromatic N) is 3. The molecule has 0 spiro atoms. The molecule has 0 aromatic carbocycles. The van der Waals surface area contributed by atoms with Crippen molar-refractivity contribution in [2.75, 3.05) is 19.6 Å². The molecule has 0 bridgehead atoms. The Bertz CT molecular complexity index is 313. The fourth-order valence-corrected chi connectivity index (χ4v) is 2.16. The lowest BCUT2D eigenvalue weighted by Crippen LogP contribution is -2.48. The summed E-state index contributed by atoms with van der Waals surface area (Å²) in [7, 11) is 0. The SMILES string of the molecule is CCn1nccc1CN1CCNC(C)C1.Cl. The van der Waals surface area contributed by atoms with Gasteiger partial charge in [0, 0.05) is 45.0 Å². The molecule has 1 fully saturated rings. The van der Waals surface area contributed by atoms with Crippen LogP contribution in [0.5, 0.6) is 0 Å². The summed E-state index contributed by atoms with van der Waals surface area (Å²) >= 11 is 0. The van der Waals surface area contributed by atoms with E-state index in [4.69, 9.17) is 0 Å². The molecule has 0 aliphatic carbocycles. The Morgan fingerprint density at radius 2 is 2.38 bits per heavy atom. The molecule has 1 atom stereocenters. The van der Waals surface area contributed by atoms with Crippen molar-refractivity contribution in [1.82, 2.24) is 20.0 Å². The maximum Gasteiger partial charge on any atom is 0.0524 e. The highest BCUT2D eigenvalue weighted by molar-refractivity contribution is 5.85. The van der Waals surface area contributed by atoms with E-state index in [0.29, 0.717) is 6.04 Å². The maximum absolute atomic E-state index is 4.29. The third-order valence-corrected chi connectivity index (χ3v) is 2.94. The summed E-state index contributed by atoms with van der Waals surface area (Å²) in [5, 5.41) is 7.75. The Labute approximate surface area is 103 Å². The van der Waals surface area contributed by atoms with Gasteiger partial charge in [-0.05, 0) is 19.9 Å². The first-order valence-corrected chi connectivity index (χ1v) is 5.76. The lowest BCUT2D eigenvalue weighted by Gasteiger charge is -2.31. The van der Waals surface area contributed by atoms with E-state index in [1.54, 1.807) is 0 Å². The lowest BCUT2D eigenvalue weighted by molar-refractivity contribution is 0.194. The van der Waals surface area contributed by atoms with Crippen LogP contribution in [0.1, 0.15) is 19.5 Å². The Morgan fingerprint density at radius 3 is 3.06 bits per heavy atom. The van der Waals surface area contributed by atoms with E-state index < -0.39 is 0 Å². The standard InChI is InChI=1S/C11H20N4.ClH/c1-3-15-11(4-5-13-15)9-14-7-6-12-10(2)8-14;/h4-5,10,12H,3,6-9H2,1-2H3;1H. The van der Waals surface area contributed by atoms with Gasteiger partial charge >= 0.3 is 0 Å². The molecule has 1 aromatic heterocycles. The van der Waals surface area contributed by atoms with Crippen molar-refractivity contribution in [2.45, 2.75) is 33.0 Å². The summed E-state index contributed by atoms with van der Waals surface area (Å²) in [5.41, 5.74) is 1.33. The average Bonchev–Trinajstić information content (AvgIpc) is 2.65. The molecule has 1 N–H and O–H groups in total. The monoisotopic (exact) mass is 244 g/mol. The Hall–Kier alpha value is -0.580. The summed E-state index contributed by atoms with van der Waals surface area (Å²) in [6.07, 6.45) is 1.89. The molecular formula is C11H21ClN4. The van der Waals surface area contributed by atoms with Gasteiger partial charge in [0.1, 0.15) is 0 Å². The number of hydrogen-bond donors (Lipinski definition) is 1. The molecule has 2 heterocycles. The molecule has 1 aromatic rings. The normalized spacial score (nSPS) is 21.8. The zero-order chi connectivity index (χ0) is 10.7. The molecule has 1 aliphatic rings. The Balaban J connectivity index is 0.00000128. The average molecular weight is 245 g/mol. The quantitative estimate of drug-likeness (QED) is 0.865. The van der Waals surface area contributed by atoms with Crippen molar-refractivity contribution in [3.63, 3.8) is 0 Å². The molecule has 1 unspecified atom stereocenters. The first-order valence-electron chi connectivity index (χ1n) is 5.76. The molecule has 0 amide bonds. The van der Waals surface area contributed by atoms with E-state index in [0.717, 1.165) is 32.7 Å². The number of rotatable bonds is 3. The summed E-state index contributed by atoms with van der Waals surface area (Å²) in [5.74, 6) is 0. The van der Waals surface area contributed by atoms with Gasteiger partial charge in [-0.2, -0.15) is 5.10 Å². The predicted molar refractivity (Wildman–Crippen MR) is 67.9 cm³/mol. The van der Waals surface area contributed by atoms with Crippen molar-refractivity contribution in [3.8, 4) is 0 Å². The number of halogens is 1. The number of piperazine rings is 1. The van der Waals surface area contributed by atoms with Crippen LogP contribution in [0.2, 0.25) is 0 Å². The second-order valence-corrected chi connectivity index (χ2v) is 4.23. The van der Waals surface area contributed by atoms with Crippen LogP contribution in [-0.4, -0.2) is 40.4 Å². The van der Waals surface area contributed by atoms with Gasteiger partial charge < -0.3 is 5.32 Å². The van der Waals surface area contributed by atoms with E-state index in [9.17, 15) is 0 Å². The number of aryl methyl sites for hydroxylation is 1. The van der Waals surface area contributed by atoms with E-state index >= 15 is 0 Å². The van der Waals surface area contributed by atoms with E-state index in [-0.39, 0.29) is 12.4 Å². The summed E-state index contributed by atoms with van der Waals surface area (Å²) in [6.45, 7) is 9.74. The first-order chi connectivity index (χ1) is 7.29. The molecule has 0 radical (unpaired) electrons. The third kappa shape index (κ3) is 3.20. The highest BCUT2D eigenvalue weighted by Crippen LogP contribution is 2.07. The highest BCUT2D eigenvalue weighted by atomic mass is 35.5. The molecule has 1 saturated heterocycles. The lowest BCUT2D eigenvalue weighted by atomic mass is 10.2. The van der Waals surface area contributed by atoms with Gasteiger partial charge in [0.2, 0.25) is 0 Å². The fraction of sp³-hybridized carbons (Fsp3) is 0.727. The van der Waals surface area contributed by atoms with Crippen molar-refractivity contribution in [3.05, 3.63) is 18.0 Å². The van der Waals surface area contributed by atoms with E-state index in [1.165, 1.54) is 5.69 Å². The predicted octanol–water partition coefficient (Wildman–Crippen LogP) is 1.12. The van der Waals surface area contributed by atoms with Crippen LogP contribution in [0, 0.1) is 0 Å². The van der Waals surface area contributed by atoms with Gasteiger partial charge in [0.25, 0.3) is 0 Å². The van der Waals surface area contributed by atoms with Gasteiger partial charge in [-0.1, -0.05) is 0 Å². The third-order valence-electron chi connectivity index (χ3n) is 2.94. The molecule has 4 nitrogen and oxygen atoms in total. The van der Waals surface area contributed by atoms with Crippen LogP contribution in [-0.2, 0) is 13.1 Å². The van der Waals surface area contributed by atoms with Crippen molar-refractivity contribution < 1.29 is 0 Å². The van der Waals surface area contributed by atoms with Crippen LogP contribution in [0.15, 0.2) is 12.3 Å². The van der Waals surface area contributed by atoms with Crippen LogP contribution in [0.3, 0.4) is 0 Å². The largest absolute Gasteiger partial charge is 0.312 e. The molecule has 16 heavy (non-hydrogen) atoms. The smallest absolute Gasteiger partial charge is 0.0524 e. The summed E-state index contributed by atoms with van der Waals surface area (Å²) < 4.78 is 2.08. The minimum Gasteiger partial charge on any atom is -0.312 e. The van der Waals surface area contributed by atoms with Crippen molar-refractivity contribution >= 4 is 12.4 Å². The maximum atomic E-state index is 4.29. The topological polar surface area (TPSA) is 33.1 Å². The first kappa shape index (κ1) is 13.5. The van der Waals surface area contributed by atoms with Crippen LogP contribution < -0.4 is 5.32 Å². The second-order valence-electron chi connectivity index (χ2n) is 4.23. The van der Waals surface area contributed by atoms with Gasteiger partial charge in [0.05, 0.1) is 5.69 Å². The van der Waals surface area contributed by atoms with Crippen molar-refractivity contribution in [1.29, 1.82) is 0 Å². The van der Waals surface area contributed by atoms with E-state index in [1.807, 2.05) is 6.20 Å². The van der Waals surface area contributed by atoms with Gasteiger partial charge in [0.15, 0.2) is 0 Å². The number of hydrogen-bond acceptors (Lipinski definition) is 3. The second kappa shape index (κ2) is 6.23. The van der Waals surface area contributed by atoms with E-state index in [2.05, 4.69) is 39.9 Å². The summed E-state index contributed by atoms with van der Waals surface area (Å²) in [6, 6.07) is 2.73. The minimum atomic E-state index is 0. The molecule has 0 saturated carbocycles. The van der Waals surface area contributed by atoms with Crippen LogP contribution in [0.25, 0.3) is 0 Å². The zero-order valence-electron chi connectivity index (χ0n) is 10.0. The number of aromatic nitrogens is 2. The van der Waals surface area contributed by atoms with Crippen LogP contribution in [0.4, 0.5) is 0 Å². The Kier molecular flexibility index (Phi) is 5.25. The molecule has 2 rings (SSSR count). The molecule has 1 aliphatic heterocycles. The fourth-order valence-electron chi connectivity index (χ4n) is 2.16. The molecule has 92 valence electrons. The molecule has 5 heteroatoms. The highest BCUT2D eigenvalue weighted by Gasteiger charge is 2.16. The van der Waals surface area contributed by atoms with Gasteiger partial charge in [-0.3, -0.25) is 9.58 Å². The summed E-state index contributed by atoms with van der Waals surface area (Å²) in [4.78, 5) is 2.49. The van der Waals surface area contributed by atoms with Crippen LogP contribution >= 0.6 is 12.4 Å². The van der Waals surface area contributed by atoms with Gasteiger partial charge in [-0.15, -0.1) is 12.4 Å². The zero-order valence-corrected chi connectivity index (χ0v) is 10.8. The van der Waals surface area contributed by atoms with Crippen molar-refractivity contribution in [2.24, 2.45) is 0 Å². The Morgan fingerprint density at radius 1 is 1.56 bits per heavy atom. The number of nitrogens with one attached hydrogen (secondary N) is 1.